The third-order valence-corrected chi connectivity index (χ3v) is 2.87. The molecule has 0 unspecified atom stereocenters. The third-order valence-electron chi connectivity index (χ3n) is 2.51. The fourth-order valence-electron chi connectivity index (χ4n) is 1.69. The maximum absolute atomic E-state index is 11.4. The van der Waals surface area contributed by atoms with Crippen LogP contribution in [0, 0.1) is 0 Å². The Kier molecular flexibility index (Phi) is 3.19. The molecule has 17 heavy (non-hydrogen) atoms. The number of benzene rings is 1. The zero-order valence-electron chi connectivity index (χ0n) is 9.20. The van der Waals surface area contributed by atoms with Crippen LogP contribution < -0.4 is 10.1 Å². The molecule has 0 aliphatic carbocycles. The monoisotopic (exact) mass is 254 g/mol. The van der Waals surface area contributed by atoms with Crippen LogP contribution in [-0.4, -0.2) is 30.5 Å². The average molecular weight is 255 g/mol. The quantitative estimate of drug-likeness (QED) is 0.830. The zero-order chi connectivity index (χ0) is 12.4. The van der Waals surface area contributed by atoms with E-state index in [2.05, 4.69) is 5.32 Å². The van der Waals surface area contributed by atoms with Crippen LogP contribution in [0.25, 0.3) is 0 Å². The summed E-state index contributed by atoms with van der Waals surface area (Å²) < 4.78 is 5.17. The molecule has 90 valence electrons. The van der Waals surface area contributed by atoms with E-state index in [-0.39, 0.29) is 19.0 Å². The van der Waals surface area contributed by atoms with E-state index in [4.69, 9.17) is 16.3 Å². The molecular weight excluding hydrogens is 244 g/mol. The normalized spacial score (nSPS) is 15.1. The topological polar surface area (TPSA) is 58.6 Å². The van der Waals surface area contributed by atoms with Crippen molar-refractivity contribution in [1.82, 2.24) is 10.2 Å². The lowest BCUT2D eigenvalue weighted by molar-refractivity contribution is -0.118. The number of urea groups is 1. The highest BCUT2D eigenvalue weighted by Crippen LogP contribution is 2.27. The Balaban J connectivity index is 2.24. The summed E-state index contributed by atoms with van der Waals surface area (Å²) in [5.41, 5.74) is 0.696. The van der Waals surface area contributed by atoms with Crippen LogP contribution in [0.5, 0.6) is 5.75 Å². The molecule has 1 saturated heterocycles. The van der Waals surface area contributed by atoms with Gasteiger partial charge in [-0.05, 0) is 12.1 Å². The molecule has 1 fully saturated rings. The summed E-state index contributed by atoms with van der Waals surface area (Å²) in [6, 6.07) is 4.84. The van der Waals surface area contributed by atoms with Crippen LogP contribution in [0.1, 0.15) is 5.56 Å². The van der Waals surface area contributed by atoms with E-state index in [0.717, 1.165) is 0 Å². The summed E-state index contributed by atoms with van der Waals surface area (Å²) >= 11 is 6.05. The van der Waals surface area contributed by atoms with Crippen LogP contribution in [0.3, 0.4) is 0 Å². The van der Waals surface area contributed by atoms with Crippen molar-refractivity contribution in [2.45, 2.75) is 6.54 Å². The van der Waals surface area contributed by atoms with Gasteiger partial charge in [0.1, 0.15) is 12.3 Å². The molecule has 0 spiro atoms. The van der Waals surface area contributed by atoms with Gasteiger partial charge in [-0.1, -0.05) is 17.7 Å². The first kappa shape index (κ1) is 11.7. The number of hydrogen-bond acceptors (Lipinski definition) is 3. The fraction of sp³-hybridized carbons (Fsp3) is 0.273. The summed E-state index contributed by atoms with van der Waals surface area (Å²) in [7, 11) is 1.53. The summed E-state index contributed by atoms with van der Waals surface area (Å²) in [6.07, 6.45) is 0. The first-order valence-corrected chi connectivity index (χ1v) is 5.39. The second kappa shape index (κ2) is 4.63. The van der Waals surface area contributed by atoms with Crippen molar-refractivity contribution in [2.24, 2.45) is 0 Å². The Hall–Kier alpha value is -1.75. The Labute approximate surface area is 103 Å². The zero-order valence-corrected chi connectivity index (χ0v) is 9.95. The van der Waals surface area contributed by atoms with Crippen LogP contribution >= 0.6 is 11.6 Å². The Morgan fingerprint density at radius 2 is 2.24 bits per heavy atom. The lowest BCUT2D eigenvalue weighted by Gasteiger charge is -2.16. The van der Waals surface area contributed by atoms with Crippen molar-refractivity contribution >= 4 is 23.5 Å². The van der Waals surface area contributed by atoms with Crippen molar-refractivity contribution < 1.29 is 14.3 Å². The van der Waals surface area contributed by atoms with E-state index in [1.165, 1.54) is 12.0 Å². The molecule has 1 aromatic carbocycles. The molecule has 5 nitrogen and oxygen atoms in total. The van der Waals surface area contributed by atoms with Gasteiger partial charge in [-0.2, -0.15) is 0 Å². The van der Waals surface area contributed by atoms with Crippen molar-refractivity contribution in [3.8, 4) is 5.75 Å². The predicted molar refractivity (Wildman–Crippen MR) is 62.0 cm³/mol. The molecule has 0 aromatic heterocycles. The number of amides is 3. The van der Waals surface area contributed by atoms with Crippen molar-refractivity contribution in [3.63, 3.8) is 0 Å². The van der Waals surface area contributed by atoms with Gasteiger partial charge in [0.05, 0.1) is 13.7 Å². The van der Waals surface area contributed by atoms with Gasteiger partial charge in [0.15, 0.2) is 0 Å². The third kappa shape index (κ3) is 2.34. The number of carbonyl (C=O) groups is 2. The SMILES string of the molecule is COc1cccc(Cl)c1CN1CC(=O)NC1=O. The molecule has 6 heteroatoms. The number of ether oxygens (including phenoxy) is 1. The maximum atomic E-state index is 11.4. The molecule has 2 rings (SSSR count). The number of carbonyl (C=O) groups excluding carboxylic acids is 2. The molecule has 1 aliphatic rings. The molecule has 1 aliphatic heterocycles. The minimum Gasteiger partial charge on any atom is -0.496 e. The first-order valence-electron chi connectivity index (χ1n) is 5.02. The van der Waals surface area contributed by atoms with Gasteiger partial charge in [0.25, 0.3) is 0 Å². The van der Waals surface area contributed by atoms with Gasteiger partial charge in [-0.15, -0.1) is 0 Å². The number of rotatable bonds is 3. The molecule has 0 bridgehead atoms. The van der Waals surface area contributed by atoms with Gasteiger partial charge in [0.2, 0.25) is 5.91 Å². The largest absolute Gasteiger partial charge is 0.496 e. The van der Waals surface area contributed by atoms with Crippen molar-refractivity contribution in [1.29, 1.82) is 0 Å². The fourth-order valence-corrected chi connectivity index (χ4v) is 1.91. The minimum atomic E-state index is -0.406. The second-order valence-corrected chi connectivity index (χ2v) is 4.04. The second-order valence-electron chi connectivity index (χ2n) is 3.63. The molecule has 1 N–H and O–H groups in total. The van der Waals surface area contributed by atoms with Gasteiger partial charge in [0, 0.05) is 10.6 Å². The minimum absolute atomic E-state index is 0.0488. The molecule has 0 saturated carbocycles. The van der Waals surface area contributed by atoms with Gasteiger partial charge >= 0.3 is 6.03 Å². The summed E-state index contributed by atoms with van der Waals surface area (Å²) in [5, 5.41) is 2.72. The highest BCUT2D eigenvalue weighted by Gasteiger charge is 2.27. The molecule has 1 heterocycles. The molecule has 1 aromatic rings. The highest BCUT2D eigenvalue weighted by atomic mass is 35.5. The highest BCUT2D eigenvalue weighted by molar-refractivity contribution is 6.31. The summed E-state index contributed by atoms with van der Waals surface area (Å²) in [5.74, 6) is 0.297. The number of halogens is 1. The number of imide groups is 1. The van der Waals surface area contributed by atoms with Gasteiger partial charge in [-0.3, -0.25) is 10.1 Å². The smallest absolute Gasteiger partial charge is 0.324 e. The summed E-state index contributed by atoms with van der Waals surface area (Å²) in [6.45, 7) is 0.299. The number of methoxy groups -OCH3 is 1. The van der Waals surface area contributed by atoms with E-state index >= 15 is 0 Å². The van der Waals surface area contributed by atoms with Gasteiger partial charge < -0.3 is 9.64 Å². The van der Waals surface area contributed by atoms with E-state index in [1.807, 2.05) is 0 Å². The van der Waals surface area contributed by atoms with E-state index < -0.39 is 6.03 Å². The van der Waals surface area contributed by atoms with Crippen LogP contribution in [0.2, 0.25) is 5.02 Å². The molecule has 3 amide bonds. The number of nitrogens with one attached hydrogen (secondary N) is 1. The Morgan fingerprint density at radius 3 is 2.82 bits per heavy atom. The van der Waals surface area contributed by atoms with E-state index in [1.54, 1.807) is 18.2 Å². The maximum Gasteiger partial charge on any atom is 0.324 e. The van der Waals surface area contributed by atoms with Crippen molar-refractivity contribution in [3.05, 3.63) is 28.8 Å². The van der Waals surface area contributed by atoms with Crippen LogP contribution in [0.4, 0.5) is 4.79 Å². The average Bonchev–Trinajstić information content (AvgIpc) is 2.60. The Bertz CT molecular complexity index is 476. The first-order chi connectivity index (χ1) is 8.11. The number of hydrogen-bond donors (Lipinski definition) is 1. The van der Waals surface area contributed by atoms with Crippen LogP contribution in [-0.2, 0) is 11.3 Å². The van der Waals surface area contributed by atoms with Crippen LogP contribution in [0.15, 0.2) is 18.2 Å². The van der Waals surface area contributed by atoms with E-state index in [0.29, 0.717) is 16.3 Å². The Morgan fingerprint density at radius 1 is 1.47 bits per heavy atom. The van der Waals surface area contributed by atoms with E-state index in [9.17, 15) is 9.59 Å². The molecule has 0 atom stereocenters. The molecular formula is C11H11ClN2O3. The number of nitrogens with zero attached hydrogens (tertiary/aromatic N) is 1. The standard InChI is InChI=1S/C11H11ClN2O3/c1-17-9-4-2-3-8(12)7(9)5-14-6-10(15)13-11(14)16/h2-4H,5-6H2,1H3,(H,13,15,16). The predicted octanol–water partition coefficient (Wildman–Crippen LogP) is 1.40. The van der Waals surface area contributed by atoms with Crippen molar-refractivity contribution in [2.75, 3.05) is 13.7 Å². The van der Waals surface area contributed by atoms with Gasteiger partial charge in [-0.25, -0.2) is 4.79 Å². The molecule has 0 radical (unpaired) electrons. The lowest BCUT2D eigenvalue weighted by Crippen LogP contribution is -2.28. The summed E-state index contributed by atoms with van der Waals surface area (Å²) in [4.78, 5) is 23.8. The lowest BCUT2D eigenvalue weighted by atomic mass is 10.2.